The molecule has 0 spiro atoms. The number of carbonyl (C=O) groups is 3. The molecule has 19 heteroatoms. The number of rotatable bonds is 1. The summed E-state index contributed by atoms with van der Waals surface area (Å²) in [4.78, 5) is 29.0. The molecule has 5 amide bonds. The first kappa shape index (κ1) is 66.6. The van der Waals surface area contributed by atoms with Gasteiger partial charge >= 0.3 is 417 Å². The number of hydrogen-bond acceptors (Lipinski definition) is 5. The van der Waals surface area contributed by atoms with Crippen molar-refractivity contribution in [3.05, 3.63) is 27.1 Å². The maximum atomic E-state index is 9.98. The quantitative estimate of drug-likeness (QED) is 0.175. The van der Waals surface area contributed by atoms with Gasteiger partial charge in [-0.15, -0.1) is 7.05 Å². The Morgan fingerprint density at radius 3 is 1.23 bits per heavy atom. The van der Waals surface area contributed by atoms with E-state index in [1.807, 2.05) is 0 Å². The molecular formula is C7H16N6O5Rb8. The summed E-state index contributed by atoms with van der Waals surface area (Å²) in [6.07, 6.45) is 0. The molecule has 0 aliphatic carbocycles. The number of nitrogens with zero attached hydrogens (tertiary/aromatic N) is 5. The van der Waals surface area contributed by atoms with Crippen LogP contribution in [0.15, 0.2) is 0 Å². The Balaban J connectivity index is -0.0000000135. The van der Waals surface area contributed by atoms with Crippen molar-refractivity contribution in [3.8, 4) is 0 Å². The molecule has 0 unspecified atom stereocenters. The number of hydroxylamine groups is 2. The van der Waals surface area contributed by atoms with Crippen molar-refractivity contribution in [2.24, 2.45) is 0 Å². The molecule has 0 radical (unpaired) electrons. The van der Waals surface area contributed by atoms with Gasteiger partial charge in [0.05, 0.1) is 5.91 Å². The van der Waals surface area contributed by atoms with E-state index in [-0.39, 0.29) is 351 Å². The van der Waals surface area contributed by atoms with E-state index in [9.17, 15) is 14.4 Å². The van der Waals surface area contributed by atoms with Crippen molar-refractivity contribution in [2.75, 3.05) is 21.1 Å². The van der Waals surface area contributed by atoms with E-state index in [1.165, 1.54) is 28.1 Å². The minimum absolute atomic E-state index is 0. The van der Waals surface area contributed by atoms with Gasteiger partial charge in [0.15, 0.2) is 6.03 Å². The number of nitrogens with one attached hydrogen (secondary N) is 1. The summed E-state index contributed by atoms with van der Waals surface area (Å²) in [6, 6.07) is -1.27. The molecule has 0 heterocycles. The molecule has 0 aliphatic rings. The molecule has 0 aromatic carbocycles. The fraction of sp³-hybridized carbons (Fsp3) is 0.571. The van der Waals surface area contributed by atoms with Gasteiger partial charge < -0.3 is 53.9 Å². The molecule has 0 rings (SSSR count). The van der Waals surface area contributed by atoms with Crippen molar-refractivity contribution in [1.29, 1.82) is 0 Å². The van der Waals surface area contributed by atoms with Gasteiger partial charge in [0, 0.05) is 0 Å². The van der Waals surface area contributed by atoms with Crippen molar-refractivity contribution >= 4 is 85.7 Å². The van der Waals surface area contributed by atoms with Crippen LogP contribution in [0.4, 0.5) is 9.59 Å². The number of hydrogen-bond donors (Lipinski definition) is 3. The summed E-state index contributed by atoms with van der Waals surface area (Å²) >= 11 is 2.32. The molecule has 0 fully saturated rings. The molecule has 0 atom stereocenters. The van der Waals surface area contributed by atoms with Crippen molar-refractivity contribution in [3.63, 3.8) is 0 Å². The second kappa shape index (κ2) is 66.0. The Morgan fingerprint density at radius 1 is 0.885 bits per heavy atom. The number of urea groups is 2. The van der Waals surface area contributed by atoms with Crippen LogP contribution in [-0.4, -0.2) is 117 Å². The van der Waals surface area contributed by atoms with Crippen molar-refractivity contribution < 1.29 is 375 Å². The third kappa shape index (κ3) is 83.3. The first-order valence-corrected chi connectivity index (χ1v) is 39.3. The average Bonchev–Trinajstić information content (AvgIpc) is 2.49. The third-order valence-electron chi connectivity index (χ3n) is 0.822. The van der Waals surface area contributed by atoms with E-state index in [4.69, 9.17) is 10.4 Å². The molecule has 0 aliphatic heterocycles. The van der Waals surface area contributed by atoms with Gasteiger partial charge in [-0.2, -0.15) is 7.05 Å². The Bertz CT molecular complexity index is 260. The second-order valence-corrected chi connectivity index (χ2v) is 2.08. The van der Waals surface area contributed by atoms with E-state index in [0.29, 0.717) is 0 Å². The average molecular weight is 948 g/mol. The van der Waals surface area contributed by atoms with Crippen molar-refractivity contribution in [2.45, 2.75) is 6.92 Å². The van der Waals surface area contributed by atoms with Crippen molar-refractivity contribution in [1.82, 2.24) is 5.32 Å². The van der Waals surface area contributed by atoms with Crippen LogP contribution in [0, 0.1) is 0 Å². The van der Waals surface area contributed by atoms with Crippen LogP contribution >= 0.6 is 0 Å². The topological polar surface area (TPSA) is 174 Å². The molecule has 0 bridgehead atoms. The van der Waals surface area contributed by atoms with E-state index in [1.54, 1.807) is 0 Å². The molecule has 11 nitrogen and oxygen atoms in total. The SMILES string of the molecule is CC(=O)[N-]O.CNC(=O)[N-]O.C[N-][N-]C(=O)[N-]C.[H-].[Rb+].[Rb+].[Rb+].[Rb+].[Rb+].[Rb+].[Rb][Rb]. The summed E-state index contributed by atoms with van der Waals surface area (Å²) < 4.78 is 0. The van der Waals surface area contributed by atoms with Crippen LogP contribution in [-0.2, 0) is 4.79 Å². The molecule has 0 saturated heterocycles. The molecule has 26 heavy (non-hydrogen) atoms. The summed E-state index contributed by atoms with van der Waals surface area (Å²) in [5.41, 5.74) is 10.8. The molecule has 3 N–H and O–H groups in total. The molecule has 112 valence electrons. The van der Waals surface area contributed by atoms with Gasteiger partial charge in [-0.3, -0.25) is 4.79 Å². The van der Waals surface area contributed by atoms with Gasteiger partial charge in [0.2, 0.25) is 0 Å². The Labute approximate surface area is 499 Å². The van der Waals surface area contributed by atoms with Crippen LogP contribution in [0.5, 0.6) is 0 Å². The Hall–Kier alpha value is 12.3. The van der Waals surface area contributed by atoms with Crippen LogP contribution < -0.4 is 354 Å². The van der Waals surface area contributed by atoms with Gasteiger partial charge in [-0.1, -0.05) is 13.1 Å². The third-order valence-corrected chi connectivity index (χ3v) is 0.822. The summed E-state index contributed by atoms with van der Waals surface area (Å²) in [6.45, 7) is 1.17. The zero-order valence-corrected chi connectivity index (χ0v) is 57.7. The summed E-state index contributed by atoms with van der Waals surface area (Å²) in [5.74, 6) is -0.565. The molecule has 0 aromatic rings. The maximum absolute atomic E-state index is 9.98. The molecular weight excluding hydrogens is 932 g/mol. The molecule has 0 saturated carbocycles. The van der Waals surface area contributed by atoms with E-state index < -0.39 is 18.0 Å². The fourth-order valence-corrected chi connectivity index (χ4v) is 0.180. The minimum atomic E-state index is -0.727. The van der Waals surface area contributed by atoms with E-state index >= 15 is 0 Å². The number of amides is 5. The van der Waals surface area contributed by atoms with Crippen LogP contribution in [0.1, 0.15) is 8.35 Å². The van der Waals surface area contributed by atoms with Crippen LogP contribution in [0.2, 0.25) is 0 Å². The number of carbonyl (C=O) groups excluding carboxylic acids is 3. The van der Waals surface area contributed by atoms with Crippen LogP contribution in [0.25, 0.3) is 27.1 Å². The zero-order chi connectivity index (χ0) is 17.0. The molecule has 0 aromatic heterocycles. The summed E-state index contributed by atoms with van der Waals surface area (Å²) in [7, 11) is 4.17. The van der Waals surface area contributed by atoms with Gasteiger partial charge in [0.1, 0.15) is 0 Å². The normalized spacial score (nSPS) is 5.31. The zero-order valence-electron chi connectivity index (χ0n) is 19.4. The Kier molecular flexibility index (Phi) is 169. The second-order valence-electron chi connectivity index (χ2n) is 2.08. The monoisotopic (exact) mass is 943 g/mol. The van der Waals surface area contributed by atoms with E-state index in [0.717, 1.165) is 67.7 Å². The summed E-state index contributed by atoms with van der Waals surface area (Å²) in [5, 5.41) is 20.2. The van der Waals surface area contributed by atoms with Crippen LogP contribution in [0.3, 0.4) is 0 Å². The van der Waals surface area contributed by atoms with E-state index in [2.05, 4.69) is 32.4 Å². The van der Waals surface area contributed by atoms with Gasteiger partial charge in [-0.25, -0.2) is 0 Å². The van der Waals surface area contributed by atoms with Gasteiger partial charge in [0.25, 0.3) is 0 Å². The first-order chi connectivity index (χ1) is 9.39. The predicted octanol–water partition coefficient (Wildman–Crippen LogP) is -16.8. The predicted molar refractivity (Wildman–Crippen MR) is 75.4 cm³/mol. The Morgan fingerprint density at radius 2 is 1.19 bits per heavy atom. The van der Waals surface area contributed by atoms with Gasteiger partial charge in [-0.05, 0) is 6.92 Å². The standard InChI is InChI=1S/C3H7N3O.C2H6N2O2.C2H5NO2.8Rb.H/c1-4-3(7)6-5-2;1-3-2(5)4-6;1-2(4)3-5;;;;;;;;;/h1-2H3,(H-,4,6,7);1H3,(H3,3,4,5,6);1H3,(H2,3,4,5);;;;;;;;;/q-2;;;;;6*+1;-1/p-3. The first-order valence-electron chi connectivity index (χ1n) is 5.25. The fourth-order valence-electron chi connectivity index (χ4n) is 0.180.